The first-order valence-electron chi connectivity index (χ1n) is 4.95. The number of hydrogen-bond donors (Lipinski definition) is 1. The molecule has 17 heavy (non-hydrogen) atoms. The van der Waals surface area contributed by atoms with E-state index in [9.17, 15) is 9.90 Å². The zero-order chi connectivity index (χ0) is 12.7. The smallest absolute Gasteiger partial charge is 0.337 e. The molecule has 4 nitrogen and oxygen atoms in total. The van der Waals surface area contributed by atoms with Crippen LogP contribution >= 0.6 is 23.2 Å². The number of benzene rings is 1. The second-order valence-electron chi connectivity index (χ2n) is 3.78. The van der Waals surface area contributed by atoms with Crippen molar-refractivity contribution in [2.75, 3.05) is 7.11 Å². The van der Waals surface area contributed by atoms with Gasteiger partial charge in [-0.1, -0.05) is 23.2 Å². The standard InChI is InChI=1S/C11H10Cl2O4/c1-4-3-5-6(11(14)15)7(12)10(16-2)8(13)9(5)17-4/h4H,3H2,1-2H3,(H,14,15)/t4-/m0/s1. The first kappa shape index (κ1) is 12.3. The zero-order valence-corrected chi connectivity index (χ0v) is 10.7. The SMILES string of the molecule is COc1c(Cl)c2c(c(C(=O)O)c1Cl)C[C@H](C)O2. The Hall–Kier alpha value is -1.13. The molecule has 0 aromatic heterocycles. The average Bonchev–Trinajstić information content (AvgIpc) is 2.60. The third-order valence-corrected chi connectivity index (χ3v) is 3.33. The van der Waals surface area contributed by atoms with Crippen LogP contribution in [-0.2, 0) is 6.42 Å². The fourth-order valence-corrected chi connectivity index (χ4v) is 2.69. The van der Waals surface area contributed by atoms with E-state index < -0.39 is 5.97 Å². The fourth-order valence-electron chi connectivity index (χ4n) is 1.94. The van der Waals surface area contributed by atoms with Crippen molar-refractivity contribution in [2.24, 2.45) is 0 Å². The van der Waals surface area contributed by atoms with Gasteiger partial charge in [0.1, 0.15) is 16.9 Å². The highest BCUT2D eigenvalue weighted by molar-refractivity contribution is 6.40. The van der Waals surface area contributed by atoms with Crippen LogP contribution in [0.4, 0.5) is 0 Å². The van der Waals surface area contributed by atoms with Gasteiger partial charge in [0, 0.05) is 12.0 Å². The number of fused-ring (bicyclic) bond motifs is 1. The van der Waals surface area contributed by atoms with Gasteiger partial charge < -0.3 is 14.6 Å². The minimum Gasteiger partial charge on any atom is -0.493 e. The Kier molecular flexibility index (Phi) is 3.10. The molecule has 1 aromatic rings. The first-order chi connectivity index (χ1) is 7.97. The van der Waals surface area contributed by atoms with Crippen LogP contribution in [-0.4, -0.2) is 24.3 Å². The zero-order valence-electron chi connectivity index (χ0n) is 9.21. The Labute approximate surface area is 108 Å². The summed E-state index contributed by atoms with van der Waals surface area (Å²) in [6.07, 6.45) is 0.351. The maximum atomic E-state index is 11.2. The molecule has 0 unspecified atom stereocenters. The molecule has 1 N–H and O–H groups in total. The molecule has 0 aliphatic carbocycles. The van der Waals surface area contributed by atoms with Crippen LogP contribution in [0.5, 0.6) is 11.5 Å². The van der Waals surface area contributed by atoms with Gasteiger partial charge in [0.15, 0.2) is 5.75 Å². The van der Waals surface area contributed by atoms with Gasteiger partial charge in [0.2, 0.25) is 0 Å². The number of carboxylic acid groups (broad SMARTS) is 1. The number of rotatable bonds is 2. The lowest BCUT2D eigenvalue weighted by atomic mass is 10.0. The Morgan fingerprint density at radius 1 is 1.47 bits per heavy atom. The van der Waals surface area contributed by atoms with E-state index in [-0.39, 0.29) is 27.5 Å². The molecule has 0 spiro atoms. The molecule has 0 bridgehead atoms. The molecule has 1 heterocycles. The van der Waals surface area contributed by atoms with E-state index in [0.717, 1.165) is 0 Å². The van der Waals surface area contributed by atoms with E-state index in [1.807, 2.05) is 6.92 Å². The van der Waals surface area contributed by atoms with Crippen LogP contribution in [0.3, 0.4) is 0 Å². The third-order valence-electron chi connectivity index (χ3n) is 2.62. The maximum Gasteiger partial charge on any atom is 0.337 e. The Balaban J connectivity index is 2.77. The Morgan fingerprint density at radius 2 is 2.12 bits per heavy atom. The van der Waals surface area contributed by atoms with Crippen LogP contribution in [0.1, 0.15) is 22.8 Å². The summed E-state index contributed by atoms with van der Waals surface area (Å²) in [6.45, 7) is 1.84. The molecule has 2 rings (SSSR count). The minimum atomic E-state index is -1.11. The molecule has 1 aliphatic heterocycles. The van der Waals surface area contributed by atoms with Crippen molar-refractivity contribution in [3.05, 3.63) is 21.2 Å². The number of carbonyl (C=O) groups is 1. The van der Waals surface area contributed by atoms with Gasteiger partial charge in [-0.3, -0.25) is 0 Å². The van der Waals surface area contributed by atoms with Crippen LogP contribution < -0.4 is 9.47 Å². The number of hydrogen-bond acceptors (Lipinski definition) is 3. The van der Waals surface area contributed by atoms with Crippen molar-refractivity contribution >= 4 is 29.2 Å². The lowest BCUT2D eigenvalue weighted by Gasteiger charge is -2.13. The van der Waals surface area contributed by atoms with Crippen molar-refractivity contribution in [1.82, 2.24) is 0 Å². The molecule has 0 radical (unpaired) electrons. The highest BCUT2D eigenvalue weighted by Crippen LogP contribution is 2.48. The highest BCUT2D eigenvalue weighted by Gasteiger charge is 2.33. The summed E-state index contributed by atoms with van der Waals surface area (Å²) in [7, 11) is 1.38. The van der Waals surface area contributed by atoms with E-state index in [2.05, 4.69) is 0 Å². The summed E-state index contributed by atoms with van der Waals surface area (Å²) in [5.41, 5.74) is 0.535. The number of ether oxygens (including phenoxy) is 2. The number of aromatic carboxylic acids is 1. The quantitative estimate of drug-likeness (QED) is 0.902. The third kappa shape index (κ3) is 1.81. The molecule has 0 saturated heterocycles. The molecule has 0 fully saturated rings. The summed E-state index contributed by atoms with van der Waals surface area (Å²) in [5.74, 6) is -0.615. The van der Waals surface area contributed by atoms with Crippen molar-refractivity contribution in [3.63, 3.8) is 0 Å². The molecule has 1 atom stereocenters. The van der Waals surface area contributed by atoms with Gasteiger partial charge in [-0.2, -0.15) is 0 Å². The lowest BCUT2D eigenvalue weighted by molar-refractivity contribution is 0.0695. The van der Waals surface area contributed by atoms with E-state index in [0.29, 0.717) is 17.7 Å². The average molecular weight is 277 g/mol. The monoisotopic (exact) mass is 276 g/mol. The van der Waals surface area contributed by atoms with Crippen molar-refractivity contribution in [2.45, 2.75) is 19.4 Å². The van der Waals surface area contributed by atoms with Gasteiger partial charge in [0.05, 0.1) is 17.7 Å². The van der Waals surface area contributed by atoms with Crippen LogP contribution in [0.2, 0.25) is 10.0 Å². The predicted molar refractivity (Wildman–Crippen MR) is 63.8 cm³/mol. The summed E-state index contributed by atoms with van der Waals surface area (Å²) in [5, 5.41) is 9.43. The molecule has 6 heteroatoms. The predicted octanol–water partition coefficient (Wildman–Crippen LogP) is 3.02. The van der Waals surface area contributed by atoms with Crippen LogP contribution in [0, 0.1) is 0 Å². The van der Waals surface area contributed by atoms with Crippen LogP contribution in [0.25, 0.3) is 0 Å². The molecular weight excluding hydrogens is 267 g/mol. The Morgan fingerprint density at radius 3 is 2.65 bits per heavy atom. The van der Waals surface area contributed by atoms with Crippen molar-refractivity contribution in [1.29, 1.82) is 0 Å². The molecule has 1 aliphatic rings. The van der Waals surface area contributed by atoms with Gasteiger partial charge in [-0.15, -0.1) is 0 Å². The number of halogens is 2. The summed E-state index contributed by atoms with van der Waals surface area (Å²) in [6, 6.07) is 0. The van der Waals surface area contributed by atoms with Crippen molar-refractivity contribution < 1.29 is 19.4 Å². The van der Waals surface area contributed by atoms with E-state index >= 15 is 0 Å². The summed E-state index contributed by atoms with van der Waals surface area (Å²) >= 11 is 12.1. The topological polar surface area (TPSA) is 55.8 Å². The first-order valence-corrected chi connectivity index (χ1v) is 5.70. The Bertz CT molecular complexity index is 499. The number of carboxylic acids is 1. The van der Waals surface area contributed by atoms with Gasteiger partial charge in [-0.05, 0) is 6.92 Å². The molecule has 92 valence electrons. The largest absolute Gasteiger partial charge is 0.493 e. The van der Waals surface area contributed by atoms with Crippen molar-refractivity contribution in [3.8, 4) is 11.5 Å². The lowest BCUT2D eigenvalue weighted by Crippen LogP contribution is -2.07. The van der Waals surface area contributed by atoms with E-state index in [1.165, 1.54) is 7.11 Å². The molecule has 0 amide bonds. The van der Waals surface area contributed by atoms with Gasteiger partial charge in [-0.25, -0.2) is 4.79 Å². The summed E-state index contributed by atoms with van der Waals surface area (Å²) in [4.78, 5) is 11.2. The molecule has 1 aromatic carbocycles. The second kappa shape index (κ2) is 4.27. The molecule has 0 saturated carbocycles. The number of methoxy groups -OCH3 is 1. The highest BCUT2D eigenvalue weighted by atomic mass is 35.5. The van der Waals surface area contributed by atoms with Crippen LogP contribution in [0.15, 0.2) is 0 Å². The normalized spacial score (nSPS) is 17.5. The fraction of sp³-hybridized carbons (Fsp3) is 0.364. The van der Waals surface area contributed by atoms with E-state index in [4.69, 9.17) is 32.7 Å². The van der Waals surface area contributed by atoms with Gasteiger partial charge in [0.25, 0.3) is 0 Å². The minimum absolute atomic E-state index is 0.00673. The second-order valence-corrected chi connectivity index (χ2v) is 4.54. The summed E-state index contributed by atoms with van der Waals surface area (Å²) < 4.78 is 10.5. The van der Waals surface area contributed by atoms with E-state index in [1.54, 1.807) is 0 Å². The molecular formula is C11H10Cl2O4. The maximum absolute atomic E-state index is 11.2. The van der Waals surface area contributed by atoms with Gasteiger partial charge >= 0.3 is 5.97 Å².